The zero-order valence-corrected chi connectivity index (χ0v) is 18.8. The molecule has 2 N–H and O–H groups in total. The van der Waals surface area contributed by atoms with E-state index in [1.54, 1.807) is 4.90 Å². The highest BCUT2D eigenvalue weighted by Crippen LogP contribution is 2.65. The fraction of sp³-hybridized carbons (Fsp3) is 0.286. The quantitative estimate of drug-likeness (QED) is 0.742. The lowest BCUT2D eigenvalue weighted by Crippen LogP contribution is -2.61. The molecular formula is C28H23N5O. The fourth-order valence-electron chi connectivity index (χ4n) is 6.15. The van der Waals surface area contributed by atoms with Gasteiger partial charge in [0.2, 0.25) is 11.3 Å². The van der Waals surface area contributed by atoms with Gasteiger partial charge in [0.25, 0.3) is 0 Å². The predicted molar refractivity (Wildman–Crippen MR) is 126 cm³/mol. The average molecular weight is 446 g/mol. The number of nitrogens with zero attached hydrogens (tertiary/aromatic N) is 4. The van der Waals surface area contributed by atoms with E-state index in [1.165, 1.54) is 0 Å². The van der Waals surface area contributed by atoms with Gasteiger partial charge in [-0.2, -0.15) is 15.8 Å². The van der Waals surface area contributed by atoms with Crippen molar-refractivity contribution in [3.8, 4) is 18.2 Å². The maximum atomic E-state index is 14.6. The molecule has 0 saturated heterocycles. The van der Waals surface area contributed by atoms with Gasteiger partial charge >= 0.3 is 0 Å². The summed E-state index contributed by atoms with van der Waals surface area (Å²) >= 11 is 0. The molecule has 2 aromatic carbocycles. The lowest BCUT2D eigenvalue weighted by atomic mass is 9.47. The van der Waals surface area contributed by atoms with E-state index in [9.17, 15) is 20.6 Å². The molecule has 1 aliphatic heterocycles. The number of para-hydroxylation sites is 1. The van der Waals surface area contributed by atoms with Crippen molar-refractivity contribution in [2.45, 2.75) is 31.7 Å². The third-order valence-electron chi connectivity index (χ3n) is 7.66. The second-order valence-corrected chi connectivity index (χ2v) is 9.36. The number of carbonyl (C=O) groups excluding carboxylic acids is 1. The van der Waals surface area contributed by atoms with Crippen LogP contribution >= 0.6 is 0 Å². The van der Waals surface area contributed by atoms with Crippen molar-refractivity contribution in [3.05, 3.63) is 88.6 Å². The number of hydrogen-bond acceptors (Lipinski definition) is 5. The SMILES string of the molecule is C[C@@H]1CC=C2C(C#N)=C(N)C(C#N)(C#N)[C@]3(C(=O)N(Cc4ccccc4)c4ccccc43)[C@@H]2C1. The monoisotopic (exact) mass is 445 g/mol. The first kappa shape index (κ1) is 21.5. The minimum atomic E-state index is -2.00. The molecule has 1 spiro atoms. The van der Waals surface area contributed by atoms with Crippen LogP contribution in [0.5, 0.6) is 0 Å². The molecule has 0 bridgehead atoms. The van der Waals surface area contributed by atoms with E-state index in [2.05, 4.69) is 25.1 Å². The second kappa shape index (κ2) is 7.62. The Balaban J connectivity index is 1.86. The second-order valence-electron chi connectivity index (χ2n) is 9.36. The number of rotatable bonds is 2. The first-order valence-electron chi connectivity index (χ1n) is 11.3. The molecule has 0 fully saturated rings. The number of nitrogens with two attached hydrogens (primary N) is 1. The van der Waals surface area contributed by atoms with Crippen molar-refractivity contribution < 1.29 is 4.79 Å². The molecule has 1 heterocycles. The Labute approximate surface area is 198 Å². The van der Waals surface area contributed by atoms with Crippen LogP contribution in [0, 0.1) is 51.2 Å². The molecular weight excluding hydrogens is 422 g/mol. The summed E-state index contributed by atoms with van der Waals surface area (Å²) in [6, 6.07) is 23.5. The van der Waals surface area contributed by atoms with Crippen molar-refractivity contribution in [1.82, 2.24) is 0 Å². The third-order valence-corrected chi connectivity index (χ3v) is 7.66. The Bertz CT molecular complexity index is 1370. The van der Waals surface area contributed by atoms with Gasteiger partial charge in [-0.15, -0.1) is 0 Å². The van der Waals surface area contributed by atoms with Gasteiger partial charge in [-0.1, -0.05) is 61.5 Å². The molecule has 1 amide bonds. The largest absolute Gasteiger partial charge is 0.399 e. The summed E-state index contributed by atoms with van der Waals surface area (Å²) < 4.78 is 0. The van der Waals surface area contributed by atoms with Crippen LogP contribution in [0.1, 0.15) is 30.9 Å². The molecule has 2 aliphatic carbocycles. The molecule has 3 atom stereocenters. The lowest BCUT2D eigenvalue weighted by molar-refractivity contribution is -0.127. The smallest absolute Gasteiger partial charge is 0.241 e. The molecule has 0 aromatic heterocycles. The maximum absolute atomic E-state index is 14.6. The summed E-state index contributed by atoms with van der Waals surface area (Å²) in [6.07, 6.45) is 3.30. The highest BCUT2D eigenvalue weighted by atomic mass is 16.2. The van der Waals surface area contributed by atoms with Gasteiger partial charge in [0.15, 0.2) is 0 Å². The number of allylic oxidation sites excluding steroid dienone is 4. The van der Waals surface area contributed by atoms with Gasteiger partial charge in [-0.25, -0.2) is 0 Å². The molecule has 34 heavy (non-hydrogen) atoms. The summed E-state index contributed by atoms with van der Waals surface area (Å²) in [7, 11) is 0. The van der Waals surface area contributed by atoms with E-state index in [0.717, 1.165) is 12.0 Å². The highest BCUT2D eigenvalue weighted by Gasteiger charge is 2.72. The number of benzene rings is 2. The van der Waals surface area contributed by atoms with Gasteiger partial charge in [0.1, 0.15) is 11.5 Å². The topological polar surface area (TPSA) is 118 Å². The van der Waals surface area contributed by atoms with E-state index in [-0.39, 0.29) is 23.1 Å². The van der Waals surface area contributed by atoms with Crippen LogP contribution in [0.3, 0.4) is 0 Å². The molecule has 6 nitrogen and oxygen atoms in total. The van der Waals surface area contributed by atoms with E-state index >= 15 is 0 Å². The van der Waals surface area contributed by atoms with Crippen LogP contribution in [0.25, 0.3) is 0 Å². The molecule has 0 unspecified atom stereocenters. The minimum absolute atomic E-state index is 0.123. The zero-order chi connectivity index (χ0) is 24.1. The van der Waals surface area contributed by atoms with Gasteiger partial charge in [0.05, 0.1) is 30.0 Å². The Morgan fingerprint density at radius 2 is 1.74 bits per heavy atom. The van der Waals surface area contributed by atoms with Crippen LogP contribution in [0.15, 0.2) is 77.5 Å². The minimum Gasteiger partial charge on any atom is -0.399 e. The summed E-state index contributed by atoms with van der Waals surface area (Å²) in [5.74, 6) is -0.597. The van der Waals surface area contributed by atoms with E-state index < -0.39 is 16.7 Å². The van der Waals surface area contributed by atoms with E-state index in [1.807, 2.05) is 60.7 Å². The standard InChI is InChI=1S/C28H23N5O/c1-18-11-12-20-21(14-29)25(32)27(16-30,17-31)28(23(20)13-18)22-9-5-6-10-24(22)33(26(28)34)15-19-7-3-2-4-8-19/h2-10,12,18,23H,11,13,15,32H2,1H3/t18-,23-,28+/m1/s1. The number of carbonyl (C=O) groups is 1. The molecule has 2 aromatic rings. The fourth-order valence-corrected chi connectivity index (χ4v) is 6.15. The predicted octanol–water partition coefficient (Wildman–Crippen LogP) is 4.23. The molecule has 0 saturated carbocycles. The Kier molecular flexibility index (Phi) is 4.82. The summed E-state index contributed by atoms with van der Waals surface area (Å²) in [4.78, 5) is 16.3. The highest BCUT2D eigenvalue weighted by molar-refractivity contribution is 6.11. The van der Waals surface area contributed by atoms with Crippen LogP contribution in [0.2, 0.25) is 0 Å². The van der Waals surface area contributed by atoms with Crippen molar-refractivity contribution >= 4 is 11.6 Å². The molecule has 6 heteroatoms. The normalized spacial score (nSPS) is 26.7. The lowest BCUT2D eigenvalue weighted by Gasteiger charge is -2.50. The zero-order valence-electron chi connectivity index (χ0n) is 18.8. The van der Waals surface area contributed by atoms with E-state index in [4.69, 9.17) is 5.73 Å². The first-order chi connectivity index (χ1) is 16.5. The molecule has 166 valence electrons. The molecule has 3 aliphatic rings. The Morgan fingerprint density at radius 3 is 2.41 bits per heavy atom. The van der Waals surface area contributed by atoms with Crippen molar-refractivity contribution in [3.63, 3.8) is 0 Å². The van der Waals surface area contributed by atoms with Crippen LogP contribution in [0.4, 0.5) is 5.69 Å². The number of nitriles is 3. The van der Waals surface area contributed by atoms with Crippen molar-refractivity contribution in [2.24, 2.45) is 23.0 Å². The number of amides is 1. The first-order valence-corrected chi connectivity index (χ1v) is 11.3. The maximum Gasteiger partial charge on any atom is 0.241 e. The molecule has 0 radical (unpaired) electrons. The summed E-state index contributed by atoms with van der Waals surface area (Å²) in [5, 5.41) is 31.1. The Hall–Kier alpha value is -4.34. The van der Waals surface area contributed by atoms with E-state index in [0.29, 0.717) is 29.8 Å². The number of anilines is 1. The van der Waals surface area contributed by atoms with Gasteiger partial charge in [0, 0.05) is 11.6 Å². The van der Waals surface area contributed by atoms with Crippen molar-refractivity contribution in [1.29, 1.82) is 15.8 Å². The third kappa shape index (κ3) is 2.50. The van der Waals surface area contributed by atoms with Crippen LogP contribution < -0.4 is 10.6 Å². The van der Waals surface area contributed by atoms with Gasteiger partial charge < -0.3 is 10.6 Å². The van der Waals surface area contributed by atoms with Crippen LogP contribution in [-0.2, 0) is 16.8 Å². The summed E-state index contributed by atoms with van der Waals surface area (Å²) in [5.41, 5.74) is 5.93. The number of fused-ring (bicyclic) bond motifs is 4. The summed E-state index contributed by atoms with van der Waals surface area (Å²) in [6.45, 7) is 2.39. The van der Waals surface area contributed by atoms with Crippen molar-refractivity contribution in [2.75, 3.05) is 4.90 Å². The average Bonchev–Trinajstić information content (AvgIpc) is 3.11. The molecule has 5 rings (SSSR count). The van der Waals surface area contributed by atoms with Gasteiger partial charge in [-0.05, 0) is 41.5 Å². The van der Waals surface area contributed by atoms with Gasteiger partial charge in [-0.3, -0.25) is 4.79 Å². The van der Waals surface area contributed by atoms with Crippen LogP contribution in [-0.4, -0.2) is 5.91 Å². The Morgan fingerprint density at radius 1 is 1.06 bits per heavy atom. The number of hydrogen-bond donors (Lipinski definition) is 1.